The summed E-state index contributed by atoms with van der Waals surface area (Å²) < 4.78 is 1.95. The van der Waals surface area contributed by atoms with Crippen molar-refractivity contribution in [2.45, 2.75) is 13.5 Å². The Morgan fingerprint density at radius 3 is 2.78 bits per heavy atom. The number of hydrogen-bond acceptors (Lipinski definition) is 3. The highest BCUT2D eigenvalue weighted by atomic mass is 16.6. The summed E-state index contributed by atoms with van der Waals surface area (Å²) in [4.78, 5) is 10.5. The molecule has 0 aliphatic heterocycles. The first-order chi connectivity index (χ1) is 8.56. The Morgan fingerprint density at radius 1 is 1.39 bits per heavy atom. The highest BCUT2D eigenvalue weighted by molar-refractivity contribution is 5.62. The Balaban J connectivity index is 2.17. The van der Waals surface area contributed by atoms with Gasteiger partial charge in [-0.1, -0.05) is 6.07 Å². The fourth-order valence-electron chi connectivity index (χ4n) is 1.81. The predicted octanol–water partition coefficient (Wildman–Crippen LogP) is 2.85. The molecular weight excluding hydrogens is 230 g/mol. The zero-order valence-electron chi connectivity index (χ0n) is 10.4. The second kappa shape index (κ2) is 4.91. The molecule has 0 spiro atoms. The number of aromatic nitrogens is 1. The number of nitrogens with one attached hydrogen (secondary N) is 1. The van der Waals surface area contributed by atoms with Crippen molar-refractivity contribution >= 4 is 11.4 Å². The fraction of sp³-hybridized carbons (Fsp3) is 0.231. The topological polar surface area (TPSA) is 60.1 Å². The molecule has 0 radical (unpaired) electrons. The third kappa shape index (κ3) is 2.68. The highest BCUT2D eigenvalue weighted by Gasteiger charge is 2.12. The van der Waals surface area contributed by atoms with Gasteiger partial charge in [-0.3, -0.25) is 10.1 Å². The van der Waals surface area contributed by atoms with Crippen LogP contribution in [0.15, 0.2) is 36.7 Å². The molecule has 1 aromatic carbocycles. The highest BCUT2D eigenvalue weighted by Crippen LogP contribution is 2.25. The summed E-state index contributed by atoms with van der Waals surface area (Å²) in [6.45, 7) is 2.49. The summed E-state index contributed by atoms with van der Waals surface area (Å²) in [5.41, 5.74) is 2.75. The van der Waals surface area contributed by atoms with Crippen LogP contribution in [-0.4, -0.2) is 9.49 Å². The Bertz CT molecular complexity index is 575. The number of nitrogens with zero attached hydrogens (tertiary/aromatic N) is 2. The van der Waals surface area contributed by atoms with Crippen LogP contribution in [0.4, 0.5) is 11.4 Å². The van der Waals surface area contributed by atoms with Crippen LogP contribution in [0.5, 0.6) is 0 Å². The first kappa shape index (κ1) is 12.2. The molecule has 5 heteroatoms. The standard InChI is InChI=1S/C13H15N3O2/c1-10-3-4-13(16(17)18)12(7-10)14-8-11-5-6-15(2)9-11/h3-7,9,14H,8H2,1-2H3. The van der Waals surface area contributed by atoms with Crippen LogP contribution in [0.25, 0.3) is 0 Å². The lowest BCUT2D eigenvalue weighted by atomic mass is 10.2. The van der Waals surface area contributed by atoms with E-state index >= 15 is 0 Å². The number of rotatable bonds is 4. The van der Waals surface area contributed by atoms with E-state index in [4.69, 9.17) is 0 Å². The van der Waals surface area contributed by atoms with E-state index in [0.717, 1.165) is 11.1 Å². The van der Waals surface area contributed by atoms with Crippen molar-refractivity contribution in [2.75, 3.05) is 5.32 Å². The van der Waals surface area contributed by atoms with Gasteiger partial charge >= 0.3 is 0 Å². The molecule has 0 saturated carbocycles. The van der Waals surface area contributed by atoms with Crippen molar-refractivity contribution in [3.8, 4) is 0 Å². The van der Waals surface area contributed by atoms with Crippen molar-refractivity contribution < 1.29 is 4.92 Å². The third-order valence-electron chi connectivity index (χ3n) is 2.72. The molecule has 1 heterocycles. The third-order valence-corrected chi connectivity index (χ3v) is 2.72. The van der Waals surface area contributed by atoms with Gasteiger partial charge in [-0.2, -0.15) is 0 Å². The number of nitro groups is 1. The van der Waals surface area contributed by atoms with Crippen LogP contribution in [0, 0.1) is 17.0 Å². The number of anilines is 1. The molecule has 2 rings (SSSR count). The van der Waals surface area contributed by atoms with E-state index in [1.807, 2.05) is 37.0 Å². The molecule has 0 fully saturated rings. The van der Waals surface area contributed by atoms with Crippen molar-refractivity contribution in [1.82, 2.24) is 4.57 Å². The molecule has 2 aromatic rings. The van der Waals surface area contributed by atoms with E-state index in [1.165, 1.54) is 6.07 Å². The first-order valence-corrected chi connectivity index (χ1v) is 5.66. The predicted molar refractivity (Wildman–Crippen MR) is 70.6 cm³/mol. The van der Waals surface area contributed by atoms with Crippen LogP contribution >= 0.6 is 0 Å². The Morgan fingerprint density at radius 2 is 2.17 bits per heavy atom. The molecule has 0 amide bonds. The lowest BCUT2D eigenvalue weighted by Crippen LogP contribution is -2.02. The summed E-state index contributed by atoms with van der Waals surface area (Å²) in [5, 5.41) is 14.0. The van der Waals surface area contributed by atoms with Crippen molar-refractivity contribution in [1.29, 1.82) is 0 Å². The number of nitro benzene ring substituents is 1. The van der Waals surface area contributed by atoms with Crippen LogP contribution in [0.1, 0.15) is 11.1 Å². The zero-order valence-corrected chi connectivity index (χ0v) is 10.4. The Hall–Kier alpha value is -2.30. The number of aryl methyl sites for hydroxylation is 2. The smallest absolute Gasteiger partial charge is 0.292 e. The maximum atomic E-state index is 10.9. The van der Waals surface area contributed by atoms with Gasteiger partial charge < -0.3 is 9.88 Å². The minimum absolute atomic E-state index is 0.108. The van der Waals surface area contributed by atoms with E-state index in [1.54, 1.807) is 12.1 Å². The van der Waals surface area contributed by atoms with Crippen molar-refractivity contribution in [2.24, 2.45) is 7.05 Å². The van der Waals surface area contributed by atoms with Gasteiger partial charge in [0, 0.05) is 32.1 Å². The molecule has 0 bridgehead atoms. The van der Waals surface area contributed by atoms with Gasteiger partial charge in [0.05, 0.1) is 4.92 Å². The van der Waals surface area contributed by atoms with Gasteiger partial charge in [0.2, 0.25) is 0 Å². The zero-order chi connectivity index (χ0) is 13.1. The lowest BCUT2D eigenvalue weighted by molar-refractivity contribution is -0.384. The quantitative estimate of drug-likeness (QED) is 0.665. The Labute approximate surface area is 105 Å². The summed E-state index contributed by atoms with van der Waals surface area (Å²) in [5.74, 6) is 0. The average molecular weight is 245 g/mol. The van der Waals surface area contributed by atoms with Crippen LogP contribution in [0.2, 0.25) is 0 Å². The minimum Gasteiger partial charge on any atom is -0.375 e. The van der Waals surface area contributed by atoms with Crippen LogP contribution < -0.4 is 5.32 Å². The molecule has 1 aromatic heterocycles. The molecule has 18 heavy (non-hydrogen) atoms. The molecule has 0 aliphatic rings. The van der Waals surface area contributed by atoms with Gasteiger partial charge in [0.15, 0.2) is 0 Å². The second-order valence-electron chi connectivity index (χ2n) is 4.32. The molecule has 94 valence electrons. The van der Waals surface area contributed by atoms with Gasteiger partial charge in [-0.05, 0) is 30.2 Å². The fourth-order valence-corrected chi connectivity index (χ4v) is 1.81. The van der Waals surface area contributed by atoms with Gasteiger partial charge in [-0.15, -0.1) is 0 Å². The maximum absolute atomic E-state index is 10.9. The number of hydrogen-bond donors (Lipinski definition) is 1. The van der Waals surface area contributed by atoms with Crippen molar-refractivity contribution in [3.05, 3.63) is 57.9 Å². The second-order valence-corrected chi connectivity index (χ2v) is 4.32. The maximum Gasteiger partial charge on any atom is 0.292 e. The van der Waals surface area contributed by atoms with Gasteiger partial charge in [-0.25, -0.2) is 0 Å². The SMILES string of the molecule is Cc1ccc([N+](=O)[O-])c(NCc2ccn(C)c2)c1. The molecular formula is C13H15N3O2. The van der Waals surface area contributed by atoms with E-state index in [-0.39, 0.29) is 10.6 Å². The molecule has 5 nitrogen and oxygen atoms in total. The largest absolute Gasteiger partial charge is 0.375 e. The average Bonchev–Trinajstić information content (AvgIpc) is 2.72. The summed E-state index contributed by atoms with van der Waals surface area (Å²) in [6, 6.07) is 7.05. The lowest BCUT2D eigenvalue weighted by Gasteiger charge is -2.06. The number of benzene rings is 1. The van der Waals surface area contributed by atoms with Gasteiger partial charge in [0.25, 0.3) is 5.69 Å². The summed E-state index contributed by atoms with van der Waals surface area (Å²) >= 11 is 0. The summed E-state index contributed by atoms with van der Waals surface area (Å²) in [7, 11) is 1.94. The van der Waals surface area contributed by atoms with Crippen LogP contribution in [0.3, 0.4) is 0 Å². The molecule has 1 N–H and O–H groups in total. The first-order valence-electron chi connectivity index (χ1n) is 5.66. The van der Waals surface area contributed by atoms with Crippen molar-refractivity contribution in [3.63, 3.8) is 0 Å². The normalized spacial score (nSPS) is 10.3. The Kier molecular flexibility index (Phi) is 3.32. The molecule has 0 unspecified atom stereocenters. The molecule has 0 saturated heterocycles. The van der Waals surface area contributed by atoms with Gasteiger partial charge in [0.1, 0.15) is 5.69 Å². The summed E-state index contributed by atoms with van der Waals surface area (Å²) in [6.07, 6.45) is 3.93. The van der Waals surface area contributed by atoms with E-state index in [9.17, 15) is 10.1 Å². The van der Waals surface area contributed by atoms with E-state index in [0.29, 0.717) is 12.2 Å². The minimum atomic E-state index is -0.368. The van der Waals surface area contributed by atoms with Crippen LogP contribution in [-0.2, 0) is 13.6 Å². The molecule has 0 atom stereocenters. The van der Waals surface area contributed by atoms with E-state index < -0.39 is 0 Å². The molecule has 0 aliphatic carbocycles. The monoisotopic (exact) mass is 245 g/mol. The van der Waals surface area contributed by atoms with E-state index in [2.05, 4.69) is 5.32 Å².